The van der Waals surface area contributed by atoms with Gasteiger partial charge in [0.1, 0.15) is 12.4 Å². The number of methoxy groups -OCH3 is 1. The molecule has 3 fully saturated rings. The van der Waals surface area contributed by atoms with Gasteiger partial charge in [0.2, 0.25) is 15.9 Å². The van der Waals surface area contributed by atoms with Gasteiger partial charge in [-0.2, -0.15) is 4.31 Å². The largest absolute Gasteiger partial charge is 0.497 e. The Morgan fingerprint density at radius 2 is 1.58 bits per heavy atom. The number of morpholine rings is 1. The molecule has 1 aromatic carbocycles. The van der Waals surface area contributed by atoms with Crippen LogP contribution < -0.4 is 4.74 Å². The van der Waals surface area contributed by atoms with E-state index in [0.29, 0.717) is 41.5 Å². The molecule has 0 aromatic heterocycles. The molecule has 3 heterocycles. The zero-order valence-electron chi connectivity index (χ0n) is 23.2. The molecule has 0 saturated carbocycles. The van der Waals surface area contributed by atoms with E-state index in [1.807, 2.05) is 4.90 Å². The van der Waals surface area contributed by atoms with Crippen molar-refractivity contribution >= 4 is 15.9 Å². The molecule has 0 N–H and O–H groups in total. The summed E-state index contributed by atoms with van der Waals surface area (Å²) in [6, 6.07) is 2.98. The first-order valence-corrected chi connectivity index (χ1v) is 15.3. The number of amides is 1. The number of benzene rings is 1. The van der Waals surface area contributed by atoms with Crippen LogP contribution in [0, 0.1) is 13.8 Å². The third-order valence-electron chi connectivity index (χ3n) is 7.85. The molecule has 0 aliphatic carbocycles. The number of nitrogens with zero attached hydrogens (tertiary/aromatic N) is 4. The SMILES string of the molecule is COc1cc(C)c(S(=O)(=O)N2CCOC[C@H]2COCC(=O)N2CCN(CCN3CCCCC3)CC2)c(C)c1. The highest BCUT2D eigenvalue weighted by Crippen LogP contribution is 2.30. The summed E-state index contributed by atoms with van der Waals surface area (Å²) in [5.41, 5.74) is 1.27. The standard InChI is InChI=1S/C27H44N4O6S/c1-22-17-25(35-3)18-23(2)27(22)38(33,34)31-15-16-36-19-24(31)20-37-21-26(32)30-13-11-29(12-14-30)10-9-28-7-5-4-6-8-28/h17-18,24H,4-16,19-21H2,1-3H3/t24-/m0/s1. The van der Waals surface area contributed by atoms with Crippen molar-refractivity contribution in [2.75, 3.05) is 92.4 Å². The first kappa shape index (κ1) is 29.2. The normalized spacial score (nSPS) is 22.5. The summed E-state index contributed by atoms with van der Waals surface area (Å²) < 4.78 is 45.4. The van der Waals surface area contributed by atoms with E-state index in [2.05, 4.69) is 9.80 Å². The number of carbonyl (C=O) groups is 1. The van der Waals surface area contributed by atoms with Crippen LogP contribution in [0.3, 0.4) is 0 Å². The summed E-state index contributed by atoms with van der Waals surface area (Å²) in [7, 11) is -2.21. The van der Waals surface area contributed by atoms with Crippen LogP contribution in [0.1, 0.15) is 30.4 Å². The minimum absolute atomic E-state index is 0.0475. The molecule has 0 spiro atoms. The Morgan fingerprint density at radius 1 is 0.947 bits per heavy atom. The summed E-state index contributed by atoms with van der Waals surface area (Å²) in [6.45, 7) is 12.1. The number of hydrogen-bond donors (Lipinski definition) is 0. The summed E-state index contributed by atoms with van der Waals surface area (Å²) >= 11 is 0. The fourth-order valence-electron chi connectivity index (χ4n) is 5.70. The smallest absolute Gasteiger partial charge is 0.248 e. The number of piperidine rings is 1. The quantitative estimate of drug-likeness (QED) is 0.430. The average molecular weight is 553 g/mol. The molecule has 11 heteroatoms. The van der Waals surface area contributed by atoms with Gasteiger partial charge in [0, 0.05) is 45.8 Å². The summed E-state index contributed by atoms with van der Waals surface area (Å²) in [4.78, 5) is 19.9. The van der Waals surface area contributed by atoms with Crippen LogP contribution in [0.25, 0.3) is 0 Å². The number of sulfonamides is 1. The monoisotopic (exact) mass is 552 g/mol. The lowest BCUT2D eigenvalue weighted by atomic mass is 10.1. The minimum Gasteiger partial charge on any atom is -0.497 e. The second kappa shape index (κ2) is 13.5. The predicted octanol–water partition coefficient (Wildman–Crippen LogP) is 1.35. The highest BCUT2D eigenvalue weighted by Gasteiger charge is 2.36. The second-order valence-corrected chi connectivity index (χ2v) is 12.4. The van der Waals surface area contributed by atoms with Crippen molar-refractivity contribution in [3.8, 4) is 5.75 Å². The molecule has 214 valence electrons. The van der Waals surface area contributed by atoms with Gasteiger partial charge < -0.3 is 24.0 Å². The van der Waals surface area contributed by atoms with Gasteiger partial charge >= 0.3 is 0 Å². The number of hydrogen-bond acceptors (Lipinski definition) is 8. The van der Waals surface area contributed by atoms with Gasteiger partial charge in [0.25, 0.3) is 0 Å². The Kier molecular flexibility index (Phi) is 10.4. The second-order valence-electron chi connectivity index (χ2n) is 10.6. The third-order valence-corrected chi connectivity index (χ3v) is 10.1. The predicted molar refractivity (Wildman–Crippen MR) is 145 cm³/mol. The molecule has 1 atom stereocenters. The lowest BCUT2D eigenvalue weighted by Gasteiger charge is -2.37. The lowest BCUT2D eigenvalue weighted by molar-refractivity contribution is -0.138. The Balaban J connectivity index is 1.25. The van der Waals surface area contributed by atoms with Crippen LogP contribution in [-0.2, 0) is 24.3 Å². The highest BCUT2D eigenvalue weighted by atomic mass is 32.2. The molecule has 3 saturated heterocycles. The number of likely N-dealkylation sites (tertiary alicyclic amines) is 1. The van der Waals surface area contributed by atoms with Gasteiger partial charge in [-0.25, -0.2) is 8.42 Å². The van der Waals surface area contributed by atoms with Gasteiger partial charge in [-0.3, -0.25) is 9.69 Å². The fourth-order valence-corrected chi connectivity index (χ4v) is 7.70. The molecule has 38 heavy (non-hydrogen) atoms. The van der Waals surface area contributed by atoms with Gasteiger partial charge in [-0.15, -0.1) is 0 Å². The van der Waals surface area contributed by atoms with E-state index in [-0.39, 0.29) is 32.3 Å². The Hall–Kier alpha value is -1.76. The average Bonchev–Trinajstić information content (AvgIpc) is 2.92. The molecular weight excluding hydrogens is 508 g/mol. The Bertz CT molecular complexity index is 1010. The van der Waals surface area contributed by atoms with Crippen LogP contribution in [0.15, 0.2) is 17.0 Å². The van der Waals surface area contributed by atoms with Crippen molar-refractivity contribution in [1.82, 2.24) is 19.0 Å². The topological polar surface area (TPSA) is 91.9 Å². The van der Waals surface area contributed by atoms with E-state index >= 15 is 0 Å². The number of piperazine rings is 1. The van der Waals surface area contributed by atoms with E-state index in [4.69, 9.17) is 14.2 Å². The number of ether oxygens (including phenoxy) is 3. The fraction of sp³-hybridized carbons (Fsp3) is 0.741. The number of carbonyl (C=O) groups excluding carboxylic acids is 1. The number of rotatable bonds is 10. The van der Waals surface area contributed by atoms with Crippen molar-refractivity contribution in [3.63, 3.8) is 0 Å². The molecule has 0 unspecified atom stereocenters. The van der Waals surface area contributed by atoms with Crippen LogP contribution in [-0.4, -0.2) is 132 Å². The molecule has 3 aliphatic heterocycles. The maximum Gasteiger partial charge on any atom is 0.248 e. The van der Waals surface area contributed by atoms with Gasteiger partial charge in [-0.05, 0) is 63.0 Å². The molecule has 0 radical (unpaired) electrons. The van der Waals surface area contributed by atoms with Crippen molar-refractivity contribution < 1.29 is 27.4 Å². The third kappa shape index (κ3) is 7.25. The van der Waals surface area contributed by atoms with Crippen LogP contribution in [0.5, 0.6) is 5.75 Å². The van der Waals surface area contributed by atoms with E-state index in [9.17, 15) is 13.2 Å². The van der Waals surface area contributed by atoms with Crippen LogP contribution in [0.4, 0.5) is 0 Å². The molecule has 1 amide bonds. The molecule has 1 aromatic rings. The van der Waals surface area contributed by atoms with Crippen molar-refractivity contribution in [2.24, 2.45) is 0 Å². The Labute approximate surface area is 227 Å². The van der Waals surface area contributed by atoms with Gasteiger partial charge in [0.15, 0.2) is 0 Å². The first-order valence-electron chi connectivity index (χ1n) is 13.8. The highest BCUT2D eigenvalue weighted by molar-refractivity contribution is 7.89. The molecule has 3 aliphatic rings. The lowest BCUT2D eigenvalue weighted by Crippen LogP contribution is -2.52. The molecule has 4 rings (SSSR count). The van der Waals surface area contributed by atoms with Crippen molar-refractivity contribution in [1.29, 1.82) is 0 Å². The molecular formula is C27H44N4O6S. The minimum atomic E-state index is -3.78. The van der Waals surface area contributed by atoms with Gasteiger partial charge in [-0.1, -0.05) is 6.42 Å². The Morgan fingerprint density at radius 3 is 2.21 bits per heavy atom. The van der Waals surface area contributed by atoms with Gasteiger partial charge in [0.05, 0.1) is 37.9 Å². The van der Waals surface area contributed by atoms with Crippen LogP contribution >= 0.6 is 0 Å². The zero-order valence-corrected chi connectivity index (χ0v) is 24.0. The van der Waals surface area contributed by atoms with E-state index in [1.54, 1.807) is 33.1 Å². The van der Waals surface area contributed by atoms with Crippen molar-refractivity contribution in [3.05, 3.63) is 23.3 Å². The zero-order chi connectivity index (χ0) is 27.1. The van der Waals surface area contributed by atoms with Crippen molar-refractivity contribution in [2.45, 2.75) is 44.0 Å². The maximum atomic E-state index is 13.7. The van der Waals surface area contributed by atoms with E-state index in [1.165, 1.54) is 36.7 Å². The molecule has 0 bridgehead atoms. The number of aryl methyl sites for hydroxylation is 2. The van der Waals surface area contributed by atoms with E-state index < -0.39 is 16.1 Å². The first-order chi connectivity index (χ1) is 18.3. The van der Waals surface area contributed by atoms with E-state index in [0.717, 1.165) is 26.2 Å². The maximum absolute atomic E-state index is 13.7. The summed E-state index contributed by atoms with van der Waals surface area (Å²) in [5.74, 6) is 0.579. The van der Waals surface area contributed by atoms with Crippen LogP contribution in [0.2, 0.25) is 0 Å². The summed E-state index contributed by atoms with van der Waals surface area (Å²) in [6.07, 6.45) is 3.96. The molecule has 10 nitrogen and oxygen atoms in total. The summed E-state index contributed by atoms with van der Waals surface area (Å²) in [5, 5.41) is 0.